The Morgan fingerprint density at radius 1 is 1.18 bits per heavy atom. The summed E-state index contributed by atoms with van der Waals surface area (Å²) in [5.41, 5.74) is 7.97. The fraction of sp³-hybridized carbons (Fsp3) is 0.500. The second-order valence-electron chi connectivity index (χ2n) is 4.72. The molecule has 0 saturated heterocycles. The third kappa shape index (κ3) is 3.86. The topological polar surface area (TPSA) is 32.3 Å². The smallest absolute Gasteiger partial charge is 0.234 e. The van der Waals surface area contributed by atoms with Crippen LogP contribution in [0.5, 0.6) is 0 Å². The highest BCUT2D eigenvalue weighted by molar-refractivity contribution is 5.75. The standard InChI is InChI=1S/C14H22N2O/c1-10-6-7-13(12(3)11(10)2)8-9-14(17)15-16(4)5/h6-7H,8-9H2,1-5H3,(H,15,17). The molecule has 94 valence electrons. The molecule has 1 aromatic rings. The number of rotatable bonds is 4. The average Bonchev–Trinajstić information content (AvgIpc) is 2.24. The molecule has 0 unspecified atom stereocenters. The molecule has 3 nitrogen and oxygen atoms in total. The Morgan fingerprint density at radius 3 is 2.41 bits per heavy atom. The largest absolute Gasteiger partial charge is 0.289 e. The Hall–Kier alpha value is -1.35. The molecule has 0 saturated carbocycles. The highest BCUT2D eigenvalue weighted by atomic mass is 16.2. The fourth-order valence-electron chi connectivity index (χ4n) is 1.84. The second-order valence-corrected chi connectivity index (χ2v) is 4.72. The Bertz CT molecular complexity index is 411. The summed E-state index contributed by atoms with van der Waals surface area (Å²) in [6.45, 7) is 6.38. The van der Waals surface area contributed by atoms with Crippen molar-refractivity contribution in [2.24, 2.45) is 0 Å². The summed E-state index contributed by atoms with van der Waals surface area (Å²) < 4.78 is 0. The summed E-state index contributed by atoms with van der Waals surface area (Å²) in [6, 6.07) is 4.25. The predicted molar refractivity (Wildman–Crippen MR) is 70.8 cm³/mol. The molecule has 0 radical (unpaired) electrons. The highest BCUT2D eigenvalue weighted by Crippen LogP contribution is 2.18. The molecule has 0 spiro atoms. The second kappa shape index (κ2) is 5.82. The van der Waals surface area contributed by atoms with Crippen LogP contribution in [0.3, 0.4) is 0 Å². The lowest BCUT2D eigenvalue weighted by molar-refractivity contribution is -0.124. The Labute approximate surface area is 104 Å². The van der Waals surface area contributed by atoms with E-state index in [-0.39, 0.29) is 5.91 Å². The van der Waals surface area contributed by atoms with Crippen molar-refractivity contribution in [3.63, 3.8) is 0 Å². The molecule has 0 bridgehead atoms. The van der Waals surface area contributed by atoms with E-state index in [1.54, 1.807) is 5.01 Å². The van der Waals surface area contributed by atoms with Gasteiger partial charge in [-0.3, -0.25) is 10.2 Å². The van der Waals surface area contributed by atoms with Crippen LogP contribution < -0.4 is 5.43 Å². The third-order valence-electron chi connectivity index (χ3n) is 3.14. The maximum absolute atomic E-state index is 11.5. The van der Waals surface area contributed by atoms with Crippen LogP contribution in [0.4, 0.5) is 0 Å². The van der Waals surface area contributed by atoms with Crippen molar-refractivity contribution in [2.75, 3.05) is 14.1 Å². The van der Waals surface area contributed by atoms with Crippen LogP contribution in [0, 0.1) is 20.8 Å². The Balaban J connectivity index is 2.64. The van der Waals surface area contributed by atoms with Gasteiger partial charge in [-0.25, -0.2) is 5.01 Å². The van der Waals surface area contributed by atoms with Gasteiger partial charge >= 0.3 is 0 Å². The molecule has 0 heterocycles. The van der Waals surface area contributed by atoms with Crippen LogP contribution in [-0.4, -0.2) is 25.0 Å². The number of carbonyl (C=O) groups is 1. The number of benzene rings is 1. The molecule has 3 heteroatoms. The van der Waals surface area contributed by atoms with E-state index in [1.165, 1.54) is 22.3 Å². The van der Waals surface area contributed by atoms with Gasteiger partial charge in [-0.05, 0) is 49.4 Å². The number of aryl methyl sites for hydroxylation is 2. The molecule has 1 aromatic carbocycles. The van der Waals surface area contributed by atoms with Gasteiger partial charge in [0.1, 0.15) is 0 Å². The lowest BCUT2D eigenvalue weighted by atomic mass is 9.96. The molecule has 0 aliphatic heterocycles. The molecule has 0 atom stereocenters. The first-order valence-corrected chi connectivity index (χ1v) is 5.94. The van der Waals surface area contributed by atoms with E-state index in [0.717, 1.165) is 6.42 Å². The third-order valence-corrected chi connectivity index (χ3v) is 3.14. The number of hydrogen-bond acceptors (Lipinski definition) is 2. The molecule has 1 rings (SSSR count). The van der Waals surface area contributed by atoms with Crippen molar-refractivity contribution in [1.29, 1.82) is 0 Å². The number of nitrogens with zero attached hydrogens (tertiary/aromatic N) is 1. The SMILES string of the molecule is Cc1ccc(CCC(=O)NN(C)C)c(C)c1C. The van der Waals surface area contributed by atoms with Gasteiger partial charge in [0.05, 0.1) is 0 Å². The maximum atomic E-state index is 11.5. The van der Waals surface area contributed by atoms with Crippen LogP contribution >= 0.6 is 0 Å². The first-order valence-electron chi connectivity index (χ1n) is 5.94. The number of hydrazine groups is 1. The van der Waals surface area contributed by atoms with E-state index < -0.39 is 0 Å². The van der Waals surface area contributed by atoms with Crippen LogP contribution in [0.2, 0.25) is 0 Å². The highest BCUT2D eigenvalue weighted by Gasteiger charge is 2.07. The van der Waals surface area contributed by atoms with Gasteiger partial charge in [0.2, 0.25) is 5.91 Å². The monoisotopic (exact) mass is 234 g/mol. The molecule has 0 aliphatic carbocycles. The number of amides is 1. The zero-order valence-electron chi connectivity index (χ0n) is 11.4. The van der Waals surface area contributed by atoms with Gasteiger partial charge < -0.3 is 0 Å². The van der Waals surface area contributed by atoms with Gasteiger partial charge in [-0.1, -0.05) is 12.1 Å². The first-order chi connectivity index (χ1) is 7.91. The fourth-order valence-corrected chi connectivity index (χ4v) is 1.84. The lowest BCUT2D eigenvalue weighted by Gasteiger charge is -2.13. The summed E-state index contributed by atoms with van der Waals surface area (Å²) in [6.07, 6.45) is 1.33. The number of hydrogen-bond donors (Lipinski definition) is 1. The van der Waals surface area contributed by atoms with Crippen molar-refractivity contribution in [2.45, 2.75) is 33.6 Å². The summed E-state index contributed by atoms with van der Waals surface area (Å²) in [5, 5.41) is 1.68. The van der Waals surface area contributed by atoms with Gasteiger partial charge in [0, 0.05) is 20.5 Å². The summed E-state index contributed by atoms with van der Waals surface area (Å²) in [5.74, 6) is 0.0626. The zero-order chi connectivity index (χ0) is 13.0. The molecule has 0 aliphatic rings. The van der Waals surface area contributed by atoms with Crippen molar-refractivity contribution < 1.29 is 4.79 Å². The van der Waals surface area contributed by atoms with Crippen molar-refractivity contribution in [3.8, 4) is 0 Å². The number of nitrogens with one attached hydrogen (secondary N) is 1. The van der Waals surface area contributed by atoms with E-state index in [1.807, 2.05) is 14.1 Å². The lowest BCUT2D eigenvalue weighted by Crippen LogP contribution is -2.36. The Kier molecular flexibility index (Phi) is 4.70. The van der Waals surface area contributed by atoms with Crippen molar-refractivity contribution in [1.82, 2.24) is 10.4 Å². The molecule has 0 fully saturated rings. The van der Waals surface area contributed by atoms with E-state index in [0.29, 0.717) is 6.42 Å². The molecular formula is C14H22N2O. The van der Waals surface area contributed by atoms with Crippen molar-refractivity contribution in [3.05, 3.63) is 34.4 Å². The minimum atomic E-state index is 0.0626. The molecule has 1 amide bonds. The summed E-state index contributed by atoms with van der Waals surface area (Å²) >= 11 is 0. The zero-order valence-corrected chi connectivity index (χ0v) is 11.4. The van der Waals surface area contributed by atoms with Crippen LogP contribution in [0.1, 0.15) is 28.7 Å². The van der Waals surface area contributed by atoms with Gasteiger partial charge in [-0.2, -0.15) is 0 Å². The average molecular weight is 234 g/mol. The van der Waals surface area contributed by atoms with Gasteiger partial charge in [-0.15, -0.1) is 0 Å². The minimum absolute atomic E-state index is 0.0626. The molecular weight excluding hydrogens is 212 g/mol. The predicted octanol–water partition coefficient (Wildman–Crippen LogP) is 2.14. The van der Waals surface area contributed by atoms with Gasteiger partial charge in [0.15, 0.2) is 0 Å². The van der Waals surface area contributed by atoms with E-state index in [2.05, 4.69) is 38.3 Å². The molecule has 1 N–H and O–H groups in total. The van der Waals surface area contributed by atoms with E-state index in [9.17, 15) is 4.79 Å². The Morgan fingerprint density at radius 2 is 1.82 bits per heavy atom. The van der Waals surface area contributed by atoms with Gasteiger partial charge in [0.25, 0.3) is 0 Å². The molecule has 0 aromatic heterocycles. The normalized spacial score (nSPS) is 10.7. The van der Waals surface area contributed by atoms with Crippen LogP contribution in [0.15, 0.2) is 12.1 Å². The maximum Gasteiger partial charge on any atom is 0.234 e. The molecule has 17 heavy (non-hydrogen) atoms. The number of carbonyl (C=O) groups excluding carboxylic acids is 1. The van der Waals surface area contributed by atoms with Crippen LogP contribution in [-0.2, 0) is 11.2 Å². The van der Waals surface area contributed by atoms with Crippen molar-refractivity contribution >= 4 is 5.91 Å². The summed E-state index contributed by atoms with van der Waals surface area (Å²) in [7, 11) is 3.64. The quantitative estimate of drug-likeness (QED) is 0.810. The first kappa shape index (κ1) is 13.7. The minimum Gasteiger partial charge on any atom is -0.289 e. The van der Waals surface area contributed by atoms with E-state index >= 15 is 0 Å². The van der Waals surface area contributed by atoms with E-state index in [4.69, 9.17) is 0 Å². The summed E-state index contributed by atoms with van der Waals surface area (Å²) in [4.78, 5) is 11.5. The van der Waals surface area contributed by atoms with Crippen LogP contribution in [0.25, 0.3) is 0 Å².